The highest BCUT2D eigenvalue weighted by Crippen LogP contribution is 2.33. The first kappa shape index (κ1) is 13.1. The molecule has 3 rings (SSSR count). The van der Waals surface area contributed by atoms with Crippen molar-refractivity contribution >= 4 is 21.7 Å². The summed E-state index contributed by atoms with van der Waals surface area (Å²) in [7, 11) is -3.02. The molecule has 3 fully saturated rings. The largest absolute Gasteiger partial charge is 0.299 e. The lowest BCUT2D eigenvalue weighted by Gasteiger charge is -2.27. The van der Waals surface area contributed by atoms with Gasteiger partial charge in [-0.25, -0.2) is 8.42 Å². The number of rotatable bonds is 3. The Balaban J connectivity index is 1.71. The molecule has 0 aromatic rings. The minimum absolute atomic E-state index is 0.0431. The molecule has 0 radical (unpaired) electrons. The summed E-state index contributed by atoms with van der Waals surface area (Å²) in [6, 6.07) is -0.460. The van der Waals surface area contributed by atoms with Crippen molar-refractivity contribution in [3.05, 3.63) is 0 Å². The van der Waals surface area contributed by atoms with Crippen molar-refractivity contribution in [2.24, 2.45) is 0 Å². The van der Waals surface area contributed by atoms with Crippen molar-refractivity contribution in [2.75, 3.05) is 11.5 Å². The number of hydrogen-bond acceptors (Lipinski definition) is 5. The molecule has 0 aromatic carbocycles. The Morgan fingerprint density at radius 2 is 2.00 bits per heavy atom. The van der Waals surface area contributed by atoms with Crippen LogP contribution in [0.15, 0.2) is 0 Å². The lowest BCUT2D eigenvalue weighted by molar-refractivity contribution is -0.139. The third-order valence-corrected chi connectivity index (χ3v) is 6.02. The average Bonchev–Trinajstić information content (AvgIpc) is 3.00. The normalized spacial score (nSPS) is 38.2. The minimum Gasteiger partial charge on any atom is -0.299 e. The number of nitrogens with one attached hydrogen (secondary N) is 1. The Morgan fingerprint density at radius 3 is 2.53 bits per heavy atom. The molecule has 2 saturated heterocycles. The zero-order valence-corrected chi connectivity index (χ0v) is 11.7. The molecule has 1 aliphatic carbocycles. The molecule has 2 heterocycles. The fraction of sp³-hybridized carbons (Fsp3) is 0.833. The van der Waals surface area contributed by atoms with E-state index in [1.165, 1.54) is 4.90 Å². The van der Waals surface area contributed by atoms with Crippen molar-refractivity contribution in [3.8, 4) is 0 Å². The molecule has 2 aliphatic heterocycles. The van der Waals surface area contributed by atoms with Crippen LogP contribution < -0.4 is 5.32 Å². The number of carbonyl (C=O) groups is 2. The highest BCUT2D eigenvalue weighted by molar-refractivity contribution is 7.91. The van der Waals surface area contributed by atoms with Crippen LogP contribution in [-0.4, -0.2) is 54.3 Å². The molecule has 3 aliphatic rings. The zero-order chi connectivity index (χ0) is 13.8. The fourth-order valence-corrected chi connectivity index (χ4v) is 5.13. The highest BCUT2D eigenvalue weighted by atomic mass is 32.2. The van der Waals surface area contributed by atoms with E-state index in [4.69, 9.17) is 0 Å². The van der Waals surface area contributed by atoms with Crippen LogP contribution in [0.25, 0.3) is 0 Å². The summed E-state index contributed by atoms with van der Waals surface area (Å²) in [5.74, 6) is -0.119. The molecule has 106 valence electrons. The summed E-state index contributed by atoms with van der Waals surface area (Å²) in [5, 5.41) is 3.11. The number of nitrogens with zero attached hydrogens (tertiary/aromatic N) is 1. The predicted molar refractivity (Wildman–Crippen MR) is 68.1 cm³/mol. The summed E-state index contributed by atoms with van der Waals surface area (Å²) >= 11 is 0. The van der Waals surface area contributed by atoms with Gasteiger partial charge in [-0.1, -0.05) is 0 Å². The van der Waals surface area contributed by atoms with E-state index in [1.54, 1.807) is 0 Å². The van der Waals surface area contributed by atoms with Crippen LogP contribution in [0.4, 0.5) is 0 Å². The van der Waals surface area contributed by atoms with Crippen molar-refractivity contribution in [3.63, 3.8) is 0 Å². The van der Waals surface area contributed by atoms with E-state index >= 15 is 0 Å². The second kappa shape index (κ2) is 4.02. The predicted octanol–water partition coefficient (Wildman–Crippen LogP) is -0.557. The highest BCUT2D eigenvalue weighted by Gasteiger charge is 2.49. The maximum atomic E-state index is 12.2. The first-order valence-electron chi connectivity index (χ1n) is 6.64. The van der Waals surface area contributed by atoms with Gasteiger partial charge in [-0.3, -0.25) is 19.8 Å². The van der Waals surface area contributed by atoms with Crippen molar-refractivity contribution in [2.45, 2.75) is 50.2 Å². The van der Waals surface area contributed by atoms with Gasteiger partial charge in [-0.15, -0.1) is 0 Å². The lowest BCUT2D eigenvalue weighted by Crippen LogP contribution is -2.52. The number of imide groups is 1. The van der Waals surface area contributed by atoms with Gasteiger partial charge in [0.2, 0.25) is 11.8 Å². The fourth-order valence-electron chi connectivity index (χ4n) is 3.03. The van der Waals surface area contributed by atoms with E-state index in [9.17, 15) is 18.0 Å². The molecule has 0 aromatic heterocycles. The number of carbonyl (C=O) groups excluding carboxylic acids is 2. The van der Waals surface area contributed by atoms with Gasteiger partial charge >= 0.3 is 0 Å². The smallest absolute Gasteiger partial charge is 0.247 e. The lowest BCUT2D eigenvalue weighted by atomic mass is 10.00. The van der Waals surface area contributed by atoms with Crippen LogP contribution in [0.2, 0.25) is 0 Å². The van der Waals surface area contributed by atoms with Gasteiger partial charge in [0.05, 0.1) is 24.0 Å². The minimum atomic E-state index is -3.02. The zero-order valence-electron chi connectivity index (χ0n) is 10.9. The van der Waals surface area contributed by atoms with Gasteiger partial charge in [0.25, 0.3) is 0 Å². The molecule has 1 saturated carbocycles. The Morgan fingerprint density at radius 1 is 1.32 bits per heavy atom. The maximum Gasteiger partial charge on any atom is 0.247 e. The van der Waals surface area contributed by atoms with Gasteiger partial charge in [0.15, 0.2) is 9.84 Å². The van der Waals surface area contributed by atoms with Gasteiger partial charge in [-0.2, -0.15) is 0 Å². The molecule has 0 bridgehead atoms. The summed E-state index contributed by atoms with van der Waals surface area (Å²) in [5.41, 5.74) is -0.584. The van der Waals surface area contributed by atoms with Crippen LogP contribution in [-0.2, 0) is 19.4 Å². The molecule has 2 atom stereocenters. The van der Waals surface area contributed by atoms with Crippen molar-refractivity contribution in [1.82, 2.24) is 10.2 Å². The van der Waals surface area contributed by atoms with Crippen molar-refractivity contribution < 1.29 is 18.0 Å². The molecule has 2 amide bonds. The van der Waals surface area contributed by atoms with Crippen LogP contribution in [0.1, 0.15) is 32.6 Å². The monoisotopic (exact) mass is 286 g/mol. The first-order valence-corrected chi connectivity index (χ1v) is 8.46. The van der Waals surface area contributed by atoms with E-state index in [0.717, 1.165) is 12.8 Å². The van der Waals surface area contributed by atoms with E-state index < -0.39 is 21.4 Å². The number of sulfone groups is 1. The number of likely N-dealkylation sites (tertiary alicyclic amines) is 1. The van der Waals surface area contributed by atoms with Crippen LogP contribution >= 0.6 is 0 Å². The third kappa shape index (κ3) is 2.41. The van der Waals surface area contributed by atoms with Gasteiger partial charge < -0.3 is 0 Å². The SMILES string of the molecule is CC1(NC2CC(=O)N(C3CC3)C2=O)CCS(=O)(=O)C1. The van der Waals surface area contributed by atoms with E-state index in [-0.39, 0.29) is 35.8 Å². The molecule has 1 N–H and O–H groups in total. The summed E-state index contributed by atoms with van der Waals surface area (Å²) < 4.78 is 23.1. The van der Waals surface area contributed by atoms with Gasteiger partial charge in [0.1, 0.15) is 0 Å². The van der Waals surface area contributed by atoms with Crippen LogP contribution in [0.3, 0.4) is 0 Å². The Labute approximate surface area is 112 Å². The van der Waals surface area contributed by atoms with Gasteiger partial charge in [-0.05, 0) is 26.2 Å². The quantitative estimate of drug-likeness (QED) is 0.703. The van der Waals surface area contributed by atoms with Crippen LogP contribution in [0.5, 0.6) is 0 Å². The third-order valence-electron chi connectivity index (χ3n) is 4.12. The number of amides is 2. The molecule has 2 unspecified atom stereocenters. The molecule has 6 nitrogen and oxygen atoms in total. The number of hydrogen-bond donors (Lipinski definition) is 1. The Hall–Kier alpha value is -0.950. The van der Waals surface area contributed by atoms with E-state index in [2.05, 4.69) is 5.32 Å². The molecule has 0 spiro atoms. The van der Waals surface area contributed by atoms with E-state index in [1.807, 2.05) is 6.92 Å². The molecular formula is C12H18N2O4S. The maximum absolute atomic E-state index is 12.2. The molecular weight excluding hydrogens is 268 g/mol. The molecule has 7 heteroatoms. The second-order valence-electron chi connectivity index (χ2n) is 6.14. The summed E-state index contributed by atoms with van der Waals surface area (Å²) in [6.07, 6.45) is 2.45. The van der Waals surface area contributed by atoms with Crippen molar-refractivity contribution in [1.29, 1.82) is 0 Å². The average molecular weight is 286 g/mol. The summed E-state index contributed by atoms with van der Waals surface area (Å²) in [4.78, 5) is 25.4. The first-order chi connectivity index (χ1) is 8.80. The summed E-state index contributed by atoms with van der Waals surface area (Å²) in [6.45, 7) is 1.81. The van der Waals surface area contributed by atoms with Crippen LogP contribution in [0, 0.1) is 0 Å². The topological polar surface area (TPSA) is 83.6 Å². The standard InChI is InChI=1S/C12H18N2O4S/c1-12(4-5-19(17,18)7-12)13-9-6-10(15)14(11(9)16)8-2-3-8/h8-9,13H,2-7H2,1H3. The second-order valence-corrected chi connectivity index (χ2v) is 8.32. The molecule has 19 heavy (non-hydrogen) atoms. The van der Waals surface area contributed by atoms with Gasteiger partial charge in [0, 0.05) is 11.6 Å². The van der Waals surface area contributed by atoms with E-state index in [0.29, 0.717) is 6.42 Å². The Kier molecular flexibility index (Phi) is 2.76. The Bertz CT molecular complexity index is 540.